The number of aryl methyl sites for hydroxylation is 2. The molecule has 2 aromatic rings. The zero-order valence-corrected chi connectivity index (χ0v) is 14.2. The quantitative estimate of drug-likeness (QED) is 0.601. The summed E-state index contributed by atoms with van der Waals surface area (Å²) >= 11 is 0. The lowest BCUT2D eigenvalue weighted by molar-refractivity contribution is 0.0474. The molecule has 126 valence electrons. The number of rotatable bonds is 6. The van der Waals surface area contributed by atoms with E-state index in [0.717, 1.165) is 11.1 Å². The van der Waals surface area contributed by atoms with Crippen molar-refractivity contribution in [2.45, 2.75) is 13.8 Å². The molecule has 0 spiro atoms. The fraction of sp³-hybridized carbons (Fsp3) is 0.263. The Morgan fingerprint density at radius 2 is 1.67 bits per heavy atom. The third-order valence-corrected chi connectivity index (χ3v) is 3.78. The molecule has 0 aliphatic heterocycles. The van der Waals surface area contributed by atoms with E-state index in [9.17, 15) is 9.59 Å². The van der Waals surface area contributed by atoms with Crippen LogP contribution in [-0.2, 0) is 4.74 Å². The number of ether oxygens (including phenoxy) is 3. The van der Waals surface area contributed by atoms with E-state index in [1.54, 1.807) is 30.3 Å². The standard InChI is InChI=1S/C19H20O5/c1-12-5-6-14(9-13(12)2)19(21)24-11-17(20)16-10-15(22-3)7-8-18(16)23-4/h5-10H,11H2,1-4H3. The molecule has 0 aliphatic rings. The molecule has 0 fully saturated rings. The van der Waals surface area contributed by atoms with Crippen LogP contribution < -0.4 is 9.47 Å². The second kappa shape index (κ2) is 7.64. The van der Waals surface area contributed by atoms with Gasteiger partial charge >= 0.3 is 5.97 Å². The first kappa shape index (κ1) is 17.5. The molecule has 0 saturated carbocycles. The third kappa shape index (κ3) is 3.93. The van der Waals surface area contributed by atoms with Gasteiger partial charge in [-0.25, -0.2) is 4.79 Å². The summed E-state index contributed by atoms with van der Waals surface area (Å²) in [6, 6.07) is 10.2. The molecular weight excluding hydrogens is 308 g/mol. The maximum absolute atomic E-state index is 12.3. The van der Waals surface area contributed by atoms with Crippen molar-refractivity contribution in [3.8, 4) is 11.5 Å². The third-order valence-electron chi connectivity index (χ3n) is 3.78. The monoisotopic (exact) mass is 328 g/mol. The Hall–Kier alpha value is -2.82. The Bertz CT molecular complexity index is 764. The van der Waals surface area contributed by atoms with E-state index >= 15 is 0 Å². The molecule has 0 atom stereocenters. The first-order valence-electron chi connectivity index (χ1n) is 7.46. The van der Waals surface area contributed by atoms with Crippen LogP contribution in [0.5, 0.6) is 11.5 Å². The molecule has 5 heteroatoms. The zero-order valence-electron chi connectivity index (χ0n) is 14.2. The van der Waals surface area contributed by atoms with Crippen molar-refractivity contribution >= 4 is 11.8 Å². The summed E-state index contributed by atoms with van der Waals surface area (Å²) in [5.74, 6) is 0.0407. The molecule has 5 nitrogen and oxygen atoms in total. The summed E-state index contributed by atoms with van der Waals surface area (Å²) in [6.45, 7) is 3.51. The van der Waals surface area contributed by atoms with Crippen molar-refractivity contribution in [1.82, 2.24) is 0 Å². The van der Waals surface area contributed by atoms with Crippen molar-refractivity contribution < 1.29 is 23.8 Å². The van der Waals surface area contributed by atoms with Gasteiger partial charge in [0.15, 0.2) is 6.61 Å². The van der Waals surface area contributed by atoms with Gasteiger partial charge in [0.05, 0.1) is 25.3 Å². The van der Waals surface area contributed by atoms with E-state index < -0.39 is 5.97 Å². The minimum atomic E-state index is -0.534. The molecule has 0 bridgehead atoms. The number of esters is 1. The Labute approximate surface area is 141 Å². The summed E-state index contributed by atoms with van der Waals surface area (Å²) in [7, 11) is 2.98. The number of hydrogen-bond acceptors (Lipinski definition) is 5. The summed E-state index contributed by atoms with van der Waals surface area (Å²) in [5, 5.41) is 0. The SMILES string of the molecule is COc1ccc(OC)c(C(=O)COC(=O)c2ccc(C)c(C)c2)c1. The Morgan fingerprint density at radius 1 is 0.917 bits per heavy atom. The van der Waals surface area contributed by atoms with Crippen LogP contribution in [0.1, 0.15) is 31.8 Å². The Morgan fingerprint density at radius 3 is 2.29 bits per heavy atom. The van der Waals surface area contributed by atoms with Crippen molar-refractivity contribution in [3.63, 3.8) is 0 Å². The number of carbonyl (C=O) groups is 2. The van der Waals surface area contributed by atoms with Crippen LogP contribution in [-0.4, -0.2) is 32.6 Å². The van der Waals surface area contributed by atoms with Gasteiger partial charge in [-0.1, -0.05) is 6.07 Å². The number of benzene rings is 2. The van der Waals surface area contributed by atoms with Gasteiger partial charge in [-0.3, -0.25) is 4.79 Å². The second-order valence-corrected chi connectivity index (χ2v) is 5.36. The number of methoxy groups -OCH3 is 2. The maximum Gasteiger partial charge on any atom is 0.338 e. The molecule has 0 amide bonds. The summed E-state index contributed by atoms with van der Waals surface area (Å²) in [6.07, 6.45) is 0. The molecule has 2 aromatic carbocycles. The predicted molar refractivity (Wildman–Crippen MR) is 90.1 cm³/mol. The lowest BCUT2D eigenvalue weighted by Crippen LogP contribution is -2.15. The van der Waals surface area contributed by atoms with Crippen molar-refractivity contribution in [2.75, 3.05) is 20.8 Å². The molecule has 0 N–H and O–H groups in total. The molecule has 0 heterocycles. The highest BCUT2D eigenvalue weighted by atomic mass is 16.5. The van der Waals surface area contributed by atoms with Gasteiger partial charge in [-0.15, -0.1) is 0 Å². The fourth-order valence-corrected chi connectivity index (χ4v) is 2.19. The van der Waals surface area contributed by atoms with Crippen LogP contribution in [0.25, 0.3) is 0 Å². The van der Waals surface area contributed by atoms with Crippen molar-refractivity contribution in [2.24, 2.45) is 0 Å². The molecule has 0 aliphatic carbocycles. The molecule has 2 rings (SSSR count). The fourth-order valence-electron chi connectivity index (χ4n) is 2.19. The summed E-state index contributed by atoms with van der Waals surface area (Å²) in [5.41, 5.74) is 2.81. The predicted octanol–water partition coefficient (Wildman–Crippen LogP) is 3.36. The van der Waals surface area contributed by atoms with Gasteiger partial charge in [-0.2, -0.15) is 0 Å². The number of Topliss-reactive ketones (excluding diaryl/α,β-unsaturated/α-hetero) is 1. The minimum Gasteiger partial charge on any atom is -0.497 e. The first-order valence-corrected chi connectivity index (χ1v) is 7.46. The highest BCUT2D eigenvalue weighted by Gasteiger charge is 2.17. The Balaban J connectivity index is 2.10. The van der Waals surface area contributed by atoms with Crippen LogP contribution in [0.4, 0.5) is 0 Å². The van der Waals surface area contributed by atoms with Gasteiger partial charge in [0, 0.05) is 0 Å². The minimum absolute atomic E-state index is 0.310. The highest BCUT2D eigenvalue weighted by Crippen LogP contribution is 2.24. The van der Waals surface area contributed by atoms with Crippen LogP contribution >= 0.6 is 0 Å². The van der Waals surface area contributed by atoms with E-state index in [-0.39, 0.29) is 12.4 Å². The second-order valence-electron chi connectivity index (χ2n) is 5.36. The van der Waals surface area contributed by atoms with E-state index in [2.05, 4.69) is 0 Å². The topological polar surface area (TPSA) is 61.8 Å². The van der Waals surface area contributed by atoms with Gasteiger partial charge in [0.25, 0.3) is 0 Å². The van der Waals surface area contributed by atoms with Crippen molar-refractivity contribution in [1.29, 1.82) is 0 Å². The average Bonchev–Trinajstić information content (AvgIpc) is 2.60. The van der Waals surface area contributed by atoms with E-state index in [0.29, 0.717) is 22.6 Å². The Kier molecular flexibility index (Phi) is 5.58. The lowest BCUT2D eigenvalue weighted by Gasteiger charge is -2.10. The average molecular weight is 328 g/mol. The first-order chi connectivity index (χ1) is 11.5. The van der Waals surface area contributed by atoms with Gasteiger partial charge in [0.1, 0.15) is 11.5 Å². The number of ketones is 1. The highest BCUT2D eigenvalue weighted by molar-refractivity contribution is 6.01. The molecular formula is C19H20O5. The van der Waals surface area contributed by atoms with Gasteiger partial charge in [-0.05, 0) is 55.3 Å². The lowest BCUT2D eigenvalue weighted by atomic mass is 10.1. The number of hydrogen-bond donors (Lipinski definition) is 0. The molecule has 0 aromatic heterocycles. The summed E-state index contributed by atoms with van der Waals surface area (Å²) in [4.78, 5) is 24.4. The van der Waals surface area contributed by atoms with E-state index in [1.165, 1.54) is 14.2 Å². The molecule has 0 radical (unpaired) electrons. The molecule has 0 unspecified atom stereocenters. The molecule has 0 saturated heterocycles. The normalized spacial score (nSPS) is 10.2. The van der Waals surface area contributed by atoms with Crippen LogP contribution in [0.15, 0.2) is 36.4 Å². The van der Waals surface area contributed by atoms with Gasteiger partial charge in [0.2, 0.25) is 5.78 Å². The maximum atomic E-state index is 12.3. The summed E-state index contributed by atoms with van der Waals surface area (Å²) < 4.78 is 15.4. The molecule has 24 heavy (non-hydrogen) atoms. The largest absolute Gasteiger partial charge is 0.497 e. The van der Waals surface area contributed by atoms with Crippen LogP contribution in [0.2, 0.25) is 0 Å². The van der Waals surface area contributed by atoms with Gasteiger partial charge < -0.3 is 14.2 Å². The zero-order chi connectivity index (χ0) is 17.7. The van der Waals surface area contributed by atoms with E-state index in [1.807, 2.05) is 19.9 Å². The number of carbonyl (C=O) groups excluding carboxylic acids is 2. The van der Waals surface area contributed by atoms with Crippen LogP contribution in [0.3, 0.4) is 0 Å². The van der Waals surface area contributed by atoms with Crippen molar-refractivity contribution in [3.05, 3.63) is 58.7 Å². The van der Waals surface area contributed by atoms with E-state index in [4.69, 9.17) is 14.2 Å². The smallest absolute Gasteiger partial charge is 0.338 e. The van der Waals surface area contributed by atoms with Crippen LogP contribution in [0, 0.1) is 13.8 Å².